The molecule has 0 saturated carbocycles. The van der Waals surface area contributed by atoms with Crippen LogP contribution in [-0.2, 0) is 11.3 Å². The molecule has 0 atom stereocenters. The summed E-state index contributed by atoms with van der Waals surface area (Å²) in [6.45, 7) is 0.201. The molecule has 0 fully saturated rings. The number of hydrogen-bond donors (Lipinski definition) is 1. The van der Waals surface area contributed by atoms with Gasteiger partial charge in [-0.2, -0.15) is 0 Å². The number of hydrogen-bond acceptors (Lipinski definition) is 4. The van der Waals surface area contributed by atoms with Gasteiger partial charge in [-0.05, 0) is 12.1 Å². The SMILES string of the molecule is COCc1nc(Cl)cc(Nc2ccc(F)c(F)c2)n1. The molecule has 0 unspecified atom stereocenters. The van der Waals surface area contributed by atoms with E-state index in [1.165, 1.54) is 19.2 Å². The lowest BCUT2D eigenvalue weighted by molar-refractivity contribution is 0.178. The van der Waals surface area contributed by atoms with Crippen molar-refractivity contribution in [3.05, 3.63) is 46.9 Å². The van der Waals surface area contributed by atoms with Gasteiger partial charge in [-0.25, -0.2) is 18.7 Å². The lowest BCUT2D eigenvalue weighted by Crippen LogP contribution is -2.02. The van der Waals surface area contributed by atoms with Gasteiger partial charge in [0.05, 0.1) is 0 Å². The Balaban J connectivity index is 2.24. The van der Waals surface area contributed by atoms with Gasteiger partial charge in [-0.3, -0.25) is 0 Å². The molecule has 0 aliphatic rings. The average molecular weight is 286 g/mol. The van der Waals surface area contributed by atoms with Crippen LogP contribution >= 0.6 is 11.6 Å². The number of halogens is 3. The fourth-order valence-corrected chi connectivity index (χ4v) is 1.65. The van der Waals surface area contributed by atoms with Crippen molar-refractivity contribution in [2.45, 2.75) is 6.61 Å². The van der Waals surface area contributed by atoms with Crippen molar-refractivity contribution in [2.75, 3.05) is 12.4 Å². The van der Waals surface area contributed by atoms with Gasteiger partial charge in [0, 0.05) is 24.9 Å². The van der Waals surface area contributed by atoms with E-state index < -0.39 is 11.6 Å². The molecule has 1 N–H and O–H groups in total. The molecule has 2 rings (SSSR count). The number of methoxy groups -OCH3 is 1. The van der Waals surface area contributed by atoms with E-state index in [0.717, 1.165) is 12.1 Å². The largest absolute Gasteiger partial charge is 0.377 e. The number of ether oxygens (including phenoxy) is 1. The van der Waals surface area contributed by atoms with Crippen LogP contribution in [0.3, 0.4) is 0 Å². The maximum Gasteiger partial charge on any atom is 0.160 e. The molecule has 1 aromatic heterocycles. The van der Waals surface area contributed by atoms with E-state index in [0.29, 0.717) is 17.3 Å². The monoisotopic (exact) mass is 285 g/mol. The van der Waals surface area contributed by atoms with E-state index in [4.69, 9.17) is 16.3 Å². The minimum Gasteiger partial charge on any atom is -0.377 e. The van der Waals surface area contributed by atoms with Gasteiger partial charge >= 0.3 is 0 Å². The Hall–Kier alpha value is -1.79. The Morgan fingerprint density at radius 3 is 2.68 bits per heavy atom. The predicted octanol–water partition coefficient (Wildman–Crippen LogP) is 3.30. The van der Waals surface area contributed by atoms with Crippen molar-refractivity contribution < 1.29 is 13.5 Å². The molecule has 4 nitrogen and oxygen atoms in total. The lowest BCUT2D eigenvalue weighted by Gasteiger charge is -2.08. The van der Waals surface area contributed by atoms with Crippen LogP contribution in [0.5, 0.6) is 0 Å². The Morgan fingerprint density at radius 1 is 1.21 bits per heavy atom. The van der Waals surface area contributed by atoms with Gasteiger partial charge in [-0.1, -0.05) is 11.6 Å². The van der Waals surface area contributed by atoms with Crippen LogP contribution in [0.15, 0.2) is 24.3 Å². The number of nitrogens with zero attached hydrogens (tertiary/aromatic N) is 2. The van der Waals surface area contributed by atoms with Crippen LogP contribution in [0.1, 0.15) is 5.82 Å². The molecular weight excluding hydrogens is 276 g/mol. The first-order valence-electron chi connectivity index (χ1n) is 5.33. The molecule has 0 spiro atoms. The second-order valence-electron chi connectivity index (χ2n) is 3.68. The summed E-state index contributed by atoms with van der Waals surface area (Å²) in [6.07, 6.45) is 0. The van der Waals surface area contributed by atoms with Crippen molar-refractivity contribution in [1.82, 2.24) is 9.97 Å². The van der Waals surface area contributed by atoms with Gasteiger partial charge in [0.15, 0.2) is 17.5 Å². The summed E-state index contributed by atoms with van der Waals surface area (Å²) >= 11 is 5.83. The first-order chi connectivity index (χ1) is 9.08. The topological polar surface area (TPSA) is 47.0 Å². The molecule has 0 radical (unpaired) electrons. The molecule has 7 heteroatoms. The summed E-state index contributed by atoms with van der Waals surface area (Å²) in [5.41, 5.74) is 0.358. The normalized spacial score (nSPS) is 10.5. The van der Waals surface area contributed by atoms with Crippen molar-refractivity contribution in [3.8, 4) is 0 Å². The van der Waals surface area contributed by atoms with Gasteiger partial charge < -0.3 is 10.1 Å². The molecular formula is C12H10ClF2N3O. The van der Waals surface area contributed by atoms with Crippen LogP contribution in [0.4, 0.5) is 20.3 Å². The predicted molar refractivity (Wildman–Crippen MR) is 67.4 cm³/mol. The Labute approximate surface area is 113 Å². The third kappa shape index (κ3) is 3.59. The van der Waals surface area contributed by atoms with E-state index in [9.17, 15) is 8.78 Å². The summed E-state index contributed by atoms with van der Waals surface area (Å²) in [7, 11) is 1.51. The molecule has 0 aliphatic carbocycles. The van der Waals surface area contributed by atoms with Crippen LogP contribution in [0.25, 0.3) is 0 Å². The number of rotatable bonds is 4. The summed E-state index contributed by atoms with van der Waals surface area (Å²) in [5.74, 6) is -1.09. The van der Waals surface area contributed by atoms with Crippen LogP contribution in [0, 0.1) is 11.6 Å². The van der Waals surface area contributed by atoms with Crippen LogP contribution in [0.2, 0.25) is 5.15 Å². The summed E-state index contributed by atoms with van der Waals surface area (Å²) in [4.78, 5) is 8.07. The zero-order valence-electron chi connectivity index (χ0n) is 9.95. The maximum atomic E-state index is 13.1. The van der Waals surface area contributed by atoms with Gasteiger partial charge in [0.1, 0.15) is 17.6 Å². The highest BCUT2D eigenvalue weighted by Gasteiger charge is 2.06. The summed E-state index contributed by atoms with van der Waals surface area (Å²) in [6, 6.07) is 4.92. The fourth-order valence-electron chi connectivity index (χ4n) is 1.44. The zero-order chi connectivity index (χ0) is 13.8. The smallest absolute Gasteiger partial charge is 0.160 e. The zero-order valence-corrected chi connectivity index (χ0v) is 10.7. The Kier molecular flexibility index (Phi) is 4.24. The molecule has 0 bridgehead atoms. The molecule has 0 aliphatic heterocycles. The first kappa shape index (κ1) is 13.6. The molecule has 0 amide bonds. The number of anilines is 2. The highest BCUT2D eigenvalue weighted by atomic mass is 35.5. The molecule has 100 valence electrons. The Bertz CT molecular complexity index is 595. The molecule has 1 aromatic carbocycles. The van der Waals surface area contributed by atoms with E-state index >= 15 is 0 Å². The third-order valence-corrected chi connectivity index (χ3v) is 2.40. The Morgan fingerprint density at radius 2 is 2.00 bits per heavy atom. The van der Waals surface area contributed by atoms with Crippen molar-refractivity contribution >= 4 is 23.1 Å². The van der Waals surface area contributed by atoms with Crippen molar-refractivity contribution in [1.29, 1.82) is 0 Å². The minimum absolute atomic E-state index is 0.201. The molecule has 19 heavy (non-hydrogen) atoms. The van der Waals surface area contributed by atoms with E-state index in [1.54, 1.807) is 0 Å². The van der Waals surface area contributed by atoms with Crippen LogP contribution in [-0.4, -0.2) is 17.1 Å². The minimum atomic E-state index is -0.942. The molecule has 1 heterocycles. The van der Waals surface area contributed by atoms with Crippen molar-refractivity contribution in [3.63, 3.8) is 0 Å². The molecule has 2 aromatic rings. The average Bonchev–Trinajstić information content (AvgIpc) is 2.33. The number of aromatic nitrogens is 2. The van der Waals surface area contributed by atoms with Crippen LogP contribution < -0.4 is 5.32 Å². The second kappa shape index (κ2) is 5.90. The van der Waals surface area contributed by atoms with E-state index in [1.807, 2.05) is 0 Å². The van der Waals surface area contributed by atoms with Crippen molar-refractivity contribution in [2.24, 2.45) is 0 Å². The number of nitrogens with one attached hydrogen (secondary N) is 1. The summed E-state index contributed by atoms with van der Waals surface area (Å²) in [5, 5.41) is 3.04. The highest BCUT2D eigenvalue weighted by molar-refractivity contribution is 6.29. The van der Waals surface area contributed by atoms with E-state index in [2.05, 4.69) is 15.3 Å². The fraction of sp³-hybridized carbons (Fsp3) is 0.167. The van der Waals surface area contributed by atoms with Gasteiger partial charge in [0.25, 0.3) is 0 Å². The molecule has 0 saturated heterocycles. The second-order valence-corrected chi connectivity index (χ2v) is 4.07. The first-order valence-corrected chi connectivity index (χ1v) is 5.71. The number of benzene rings is 1. The standard InChI is InChI=1S/C12H10ClF2N3O/c1-19-6-12-17-10(13)5-11(18-12)16-7-2-3-8(14)9(15)4-7/h2-5H,6H2,1H3,(H,16,17,18). The third-order valence-electron chi connectivity index (χ3n) is 2.21. The van der Waals surface area contributed by atoms with Gasteiger partial charge in [0.2, 0.25) is 0 Å². The maximum absolute atomic E-state index is 13.1. The lowest BCUT2D eigenvalue weighted by atomic mass is 10.3. The van der Waals surface area contributed by atoms with E-state index in [-0.39, 0.29) is 11.8 Å². The quantitative estimate of drug-likeness (QED) is 0.876. The van der Waals surface area contributed by atoms with Gasteiger partial charge in [-0.15, -0.1) is 0 Å². The highest BCUT2D eigenvalue weighted by Crippen LogP contribution is 2.19. The summed E-state index contributed by atoms with van der Waals surface area (Å²) < 4.78 is 30.8.